The van der Waals surface area contributed by atoms with Crippen LogP contribution in [0, 0.1) is 11.8 Å². The number of unbranched alkanes of at least 4 members (excludes halogenated alkanes) is 2. The van der Waals surface area contributed by atoms with Crippen LogP contribution in [0.5, 0.6) is 0 Å². The lowest BCUT2D eigenvalue weighted by Gasteiger charge is -2.22. The van der Waals surface area contributed by atoms with Crippen LogP contribution in [-0.4, -0.2) is 37.0 Å². The maximum Gasteiger partial charge on any atom is 0.306 e. The zero-order valence-corrected chi connectivity index (χ0v) is 14.3. The Morgan fingerprint density at radius 1 is 1.05 bits per heavy atom. The average molecular weight is 302 g/mol. The third-order valence-corrected chi connectivity index (χ3v) is 3.72. The lowest BCUT2D eigenvalue weighted by Crippen LogP contribution is -2.26. The first-order valence-electron chi connectivity index (χ1n) is 8.45. The van der Waals surface area contributed by atoms with Crippen LogP contribution in [0.3, 0.4) is 0 Å². The maximum atomic E-state index is 11.2. The molecule has 0 saturated carbocycles. The van der Waals surface area contributed by atoms with Gasteiger partial charge in [0.1, 0.15) is 0 Å². The van der Waals surface area contributed by atoms with E-state index in [9.17, 15) is 9.90 Å². The Bertz CT molecular complexity index is 253. The summed E-state index contributed by atoms with van der Waals surface area (Å²) in [5.74, 6) is -0.845. The molecule has 0 aromatic heterocycles. The Labute approximate surface area is 130 Å². The van der Waals surface area contributed by atoms with E-state index in [4.69, 9.17) is 9.47 Å². The third kappa shape index (κ3) is 10.7. The Balaban J connectivity index is 4.19. The third-order valence-electron chi connectivity index (χ3n) is 3.72. The van der Waals surface area contributed by atoms with Gasteiger partial charge in [-0.2, -0.15) is 0 Å². The van der Waals surface area contributed by atoms with Crippen molar-refractivity contribution in [3.05, 3.63) is 0 Å². The van der Waals surface area contributed by atoms with E-state index in [0.29, 0.717) is 13.0 Å². The molecule has 21 heavy (non-hydrogen) atoms. The molecule has 0 saturated heterocycles. The van der Waals surface area contributed by atoms with Crippen molar-refractivity contribution in [1.29, 1.82) is 0 Å². The van der Waals surface area contributed by atoms with Crippen LogP contribution in [0.4, 0.5) is 0 Å². The smallest absolute Gasteiger partial charge is 0.306 e. The summed E-state index contributed by atoms with van der Waals surface area (Å²) in [6.45, 7) is 10.3. The van der Waals surface area contributed by atoms with Crippen LogP contribution in [-0.2, 0) is 14.3 Å². The van der Waals surface area contributed by atoms with Gasteiger partial charge in [0.05, 0.1) is 18.6 Å². The van der Waals surface area contributed by atoms with E-state index in [-0.39, 0.29) is 17.9 Å². The number of hydrogen-bond acceptors (Lipinski definition) is 3. The number of hydrogen-bond donors (Lipinski definition) is 1. The second-order valence-corrected chi connectivity index (χ2v) is 6.04. The van der Waals surface area contributed by atoms with E-state index in [1.165, 1.54) is 0 Å². The van der Waals surface area contributed by atoms with Crippen LogP contribution in [0.1, 0.15) is 66.2 Å². The molecule has 4 heteroatoms. The van der Waals surface area contributed by atoms with Gasteiger partial charge in [-0.1, -0.05) is 40.5 Å². The highest BCUT2D eigenvalue weighted by molar-refractivity contribution is 5.70. The minimum atomic E-state index is -0.704. The average Bonchev–Trinajstić information content (AvgIpc) is 2.42. The van der Waals surface area contributed by atoms with Gasteiger partial charge >= 0.3 is 5.97 Å². The minimum absolute atomic E-state index is 0.0222. The highest BCUT2D eigenvalue weighted by Gasteiger charge is 2.23. The Morgan fingerprint density at radius 3 is 2.19 bits per heavy atom. The van der Waals surface area contributed by atoms with Crippen LogP contribution in [0.2, 0.25) is 0 Å². The highest BCUT2D eigenvalue weighted by Crippen LogP contribution is 2.20. The quantitative estimate of drug-likeness (QED) is 0.490. The van der Waals surface area contributed by atoms with Gasteiger partial charge in [0.15, 0.2) is 0 Å². The van der Waals surface area contributed by atoms with Crippen molar-refractivity contribution < 1.29 is 19.4 Å². The fourth-order valence-corrected chi connectivity index (χ4v) is 2.18. The summed E-state index contributed by atoms with van der Waals surface area (Å²) in [5, 5.41) is 9.24. The fraction of sp³-hybridized carbons (Fsp3) is 0.941. The lowest BCUT2D eigenvalue weighted by molar-refractivity contribution is -0.144. The second kappa shape index (κ2) is 13.1. The van der Waals surface area contributed by atoms with Crippen molar-refractivity contribution >= 4 is 5.97 Å². The van der Waals surface area contributed by atoms with E-state index in [0.717, 1.165) is 45.3 Å². The maximum absolute atomic E-state index is 11.2. The van der Waals surface area contributed by atoms with Gasteiger partial charge in [-0.05, 0) is 31.6 Å². The summed E-state index contributed by atoms with van der Waals surface area (Å²) in [7, 11) is 0. The lowest BCUT2D eigenvalue weighted by atomic mass is 9.90. The van der Waals surface area contributed by atoms with Crippen molar-refractivity contribution in [2.24, 2.45) is 11.8 Å². The normalized spacial score (nSPS) is 14.3. The molecule has 0 aromatic rings. The molecule has 0 spiro atoms. The zero-order chi connectivity index (χ0) is 16.1. The van der Waals surface area contributed by atoms with E-state index < -0.39 is 5.97 Å². The van der Waals surface area contributed by atoms with Crippen molar-refractivity contribution in [2.45, 2.75) is 72.3 Å². The SMILES string of the molecule is CCCCOC[C@H](CC[C@H](C(=O)O)C(C)C)OCCCC. The van der Waals surface area contributed by atoms with Crippen LogP contribution in [0.15, 0.2) is 0 Å². The van der Waals surface area contributed by atoms with Gasteiger partial charge in [-0.15, -0.1) is 0 Å². The van der Waals surface area contributed by atoms with E-state index in [1.54, 1.807) is 0 Å². The molecular formula is C17H34O4. The Kier molecular flexibility index (Phi) is 12.7. The molecule has 0 aliphatic carbocycles. The molecular weight excluding hydrogens is 268 g/mol. The molecule has 0 fully saturated rings. The van der Waals surface area contributed by atoms with Gasteiger partial charge in [0.25, 0.3) is 0 Å². The molecule has 0 unspecified atom stereocenters. The topological polar surface area (TPSA) is 55.8 Å². The second-order valence-electron chi connectivity index (χ2n) is 6.04. The Hall–Kier alpha value is -0.610. The number of carboxylic acids is 1. The molecule has 0 aliphatic heterocycles. The molecule has 0 radical (unpaired) electrons. The summed E-state index contributed by atoms with van der Waals surface area (Å²) in [6, 6.07) is 0. The molecule has 0 aliphatic rings. The molecule has 4 nitrogen and oxygen atoms in total. The summed E-state index contributed by atoms with van der Waals surface area (Å²) in [6.07, 6.45) is 5.76. The van der Waals surface area contributed by atoms with Crippen molar-refractivity contribution in [3.8, 4) is 0 Å². The van der Waals surface area contributed by atoms with Gasteiger partial charge in [-0.25, -0.2) is 0 Å². The molecule has 2 atom stereocenters. The van der Waals surface area contributed by atoms with Crippen molar-refractivity contribution in [1.82, 2.24) is 0 Å². The first-order chi connectivity index (χ1) is 10.0. The van der Waals surface area contributed by atoms with E-state index >= 15 is 0 Å². The van der Waals surface area contributed by atoms with Gasteiger partial charge < -0.3 is 14.6 Å². The fourth-order valence-electron chi connectivity index (χ4n) is 2.18. The summed E-state index contributed by atoms with van der Waals surface area (Å²) in [5.41, 5.74) is 0. The molecule has 1 N–H and O–H groups in total. The molecule has 0 amide bonds. The summed E-state index contributed by atoms with van der Waals surface area (Å²) >= 11 is 0. The molecule has 0 bridgehead atoms. The predicted octanol–water partition coefficient (Wildman–Crippen LogP) is 4.13. The number of aliphatic carboxylic acids is 1. The number of rotatable bonds is 14. The molecule has 0 aromatic carbocycles. The summed E-state index contributed by atoms with van der Waals surface area (Å²) in [4.78, 5) is 11.2. The van der Waals surface area contributed by atoms with E-state index in [2.05, 4.69) is 13.8 Å². The molecule has 0 rings (SSSR count). The largest absolute Gasteiger partial charge is 0.481 e. The zero-order valence-electron chi connectivity index (χ0n) is 14.3. The first-order valence-corrected chi connectivity index (χ1v) is 8.45. The predicted molar refractivity (Wildman–Crippen MR) is 85.6 cm³/mol. The van der Waals surface area contributed by atoms with Crippen LogP contribution < -0.4 is 0 Å². The number of ether oxygens (including phenoxy) is 2. The standard InChI is InChI=1S/C17H34O4/c1-5-7-11-20-13-15(21-12-8-6-2)9-10-16(14(3)4)17(18)19/h14-16H,5-13H2,1-4H3,(H,18,19)/t15-,16-/m0/s1. The van der Waals surface area contributed by atoms with Crippen molar-refractivity contribution in [3.63, 3.8) is 0 Å². The minimum Gasteiger partial charge on any atom is -0.481 e. The Morgan fingerprint density at radius 2 is 1.67 bits per heavy atom. The van der Waals surface area contributed by atoms with Gasteiger partial charge in [0.2, 0.25) is 0 Å². The summed E-state index contributed by atoms with van der Waals surface area (Å²) < 4.78 is 11.5. The van der Waals surface area contributed by atoms with Crippen molar-refractivity contribution in [2.75, 3.05) is 19.8 Å². The highest BCUT2D eigenvalue weighted by atomic mass is 16.5. The molecule has 126 valence electrons. The van der Waals surface area contributed by atoms with E-state index in [1.807, 2.05) is 13.8 Å². The number of carbonyl (C=O) groups is 1. The first kappa shape index (κ1) is 20.4. The monoisotopic (exact) mass is 302 g/mol. The number of carboxylic acid groups (broad SMARTS) is 1. The van der Waals surface area contributed by atoms with Gasteiger partial charge in [0, 0.05) is 13.2 Å². The molecule has 0 heterocycles. The van der Waals surface area contributed by atoms with Crippen LogP contribution >= 0.6 is 0 Å². The van der Waals surface area contributed by atoms with Gasteiger partial charge in [-0.3, -0.25) is 4.79 Å². The van der Waals surface area contributed by atoms with Crippen LogP contribution in [0.25, 0.3) is 0 Å².